The Labute approximate surface area is 137 Å². The van der Waals surface area contributed by atoms with Gasteiger partial charge in [0.25, 0.3) is 0 Å². The number of hydrogen-bond acceptors (Lipinski definition) is 2. The topological polar surface area (TPSA) is 36.4 Å². The van der Waals surface area contributed by atoms with Crippen molar-refractivity contribution in [3.05, 3.63) is 69.3 Å². The highest BCUT2D eigenvalue weighted by atomic mass is 127. The molecule has 0 bridgehead atoms. The van der Waals surface area contributed by atoms with E-state index in [0.29, 0.717) is 11.7 Å². The van der Waals surface area contributed by atoms with Gasteiger partial charge in [-0.05, 0) is 46.4 Å². The predicted octanol–water partition coefficient (Wildman–Crippen LogP) is 3.29. The zero-order valence-electron chi connectivity index (χ0n) is 10.7. The van der Waals surface area contributed by atoms with Crippen molar-refractivity contribution in [3.8, 4) is 0 Å². The summed E-state index contributed by atoms with van der Waals surface area (Å²) in [7, 11) is 0. The molecule has 2 aromatic rings. The van der Waals surface area contributed by atoms with Gasteiger partial charge in [-0.25, -0.2) is 0 Å². The van der Waals surface area contributed by atoms with Gasteiger partial charge in [0.2, 0.25) is 0 Å². The Balaban J connectivity index is 1.79. The van der Waals surface area contributed by atoms with Crippen LogP contribution in [0.4, 0.5) is 0 Å². The molecule has 3 nitrogen and oxygen atoms in total. The van der Waals surface area contributed by atoms with Crippen molar-refractivity contribution in [2.75, 3.05) is 0 Å². The molecule has 0 aliphatic heterocycles. The molecule has 0 heterocycles. The quantitative estimate of drug-likeness (QED) is 0.361. The van der Waals surface area contributed by atoms with Crippen molar-refractivity contribution >= 4 is 46.1 Å². The van der Waals surface area contributed by atoms with E-state index < -0.39 is 0 Å². The summed E-state index contributed by atoms with van der Waals surface area (Å²) in [6, 6.07) is 18.1. The standard InChI is InChI=1S/C15H14IN3S/c16-14-9-5-4-8-13(14)11-18-19-15(20)17-10-12-6-2-1-3-7-12/h1-9,11H,10H2,(H2,17,19,20)/b18-11-. The predicted molar refractivity (Wildman–Crippen MR) is 95.8 cm³/mol. The van der Waals surface area contributed by atoms with Crippen molar-refractivity contribution in [2.24, 2.45) is 5.10 Å². The molecule has 0 unspecified atom stereocenters. The smallest absolute Gasteiger partial charge is 0.187 e. The highest BCUT2D eigenvalue weighted by Gasteiger charge is 1.95. The molecule has 0 aliphatic carbocycles. The van der Waals surface area contributed by atoms with Gasteiger partial charge in [-0.2, -0.15) is 5.10 Å². The fraction of sp³-hybridized carbons (Fsp3) is 0.0667. The van der Waals surface area contributed by atoms with E-state index in [0.717, 1.165) is 9.13 Å². The number of nitrogens with zero attached hydrogens (tertiary/aromatic N) is 1. The molecule has 0 fully saturated rings. The summed E-state index contributed by atoms with van der Waals surface area (Å²) in [4.78, 5) is 0. The van der Waals surface area contributed by atoms with Crippen molar-refractivity contribution in [2.45, 2.75) is 6.54 Å². The average Bonchev–Trinajstić information content (AvgIpc) is 2.48. The summed E-state index contributed by atoms with van der Waals surface area (Å²) in [5, 5.41) is 7.75. The van der Waals surface area contributed by atoms with Gasteiger partial charge in [0, 0.05) is 15.7 Å². The zero-order valence-corrected chi connectivity index (χ0v) is 13.7. The normalized spacial score (nSPS) is 10.4. The molecule has 0 aromatic heterocycles. The Bertz CT molecular complexity index is 599. The largest absolute Gasteiger partial charge is 0.357 e. The zero-order chi connectivity index (χ0) is 14.2. The van der Waals surface area contributed by atoms with Crippen LogP contribution < -0.4 is 10.7 Å². The number of rotatable bonds is 4. The number of halogens is 1. The minimum Gasteiger partial charge on any atom is -0.357 e. The number of thiocarbonyl (C=S) groups is 1. The Morgan fingerprint density at radius 2 is 1.80 bits per heavy atom. The highest BCUT2D eigenvalue weighted by Crippen LogP contribution is 2.08. The molecule has 0 saturated carbocycles. The third-order valence-electron chi connectivity index (χ3n) is 2.57. The number of hydrogen-bond donors (Lipinski definition) is 2. The van der Waals surface area contributed by atoms with E-state index in [1.807, 2.05) is 54.6 Å². The van der Waals surface area contributed by atoms with Gasteiger partial charge in [-0.1, -0.05) is 48.5 Å². The first-order valence-corrected chi connectivity index (χ1v) is 7.60. The first kappa shape index (κ1) is 14.9. The molecule has 2 N–H and O–H groups in total. The Kier molecular flexibility index (Phi) is 5.94. The second kappa shape index (κ2) is 7.96. The summed E-state index contributed by atoms with van der Waals surface area (Å²) in [5.74, 6) is 0. The molecule has 2 aromatic carbocycles. The molecular formula is C15H14IN3S. The third kappa shape index (κ3) is 4.90. The number of hydrazone groups is 1. The van der Waals surface area contributed by atoms with Crippen LogP contribution in [0.15, 0.2) is 59.7 Å². The monoisotopic (exact) mass is 395 g/mol. The molecule has 0 aliphatic rings. The summed E-state index contributed by atoms with van der Waals surface area (Å²) in [6.07, 6.45) is 1.76. The van der Waals surface area contributed by atoms with Gasteiger partial charge in [-0.3, -0.25) is 5.43 Å². The lowest BCUT2D eigenvalue weighted by Crippen LogP contribution is -2.31. The maximum atomic E-state index is 5.16. The van der Waals surface area contributed by atoms with E-state index in [4.69, 9.17) is 12.2 Å². The second-order valence-electron chi connectivity index (χ2n) is 4.06. The Morgan fingerprint density at radius 1 is 1.10 bits per heavy atom. The van der Waals surface area contributed by atoms with Gasteiger partial charge in [0.1, 0.15) is 0 Å². The molecule has 20 heavy (non-hydrogen) atoms. The van der Waals surface area contributed by atoms with E-state index in [-0.39, 0.29) is 0 Å². The Morgan fingerprint density at radius 3 is 2.55 bits per heavy atom. The molecule has 102 valence electrons. The summed E-state index contributed by atoms with van der Waals surface area (Å²) < 4.78 is 1.15. The molecule has 0 spiro atoms. The lowest BCUT2D eigenvalue weighted by atomic mass is 10.2. The van der Waals surface area contributed by atoms with Gasteiger partial charge in [0.15, 0.2) is 5.11 Å². The summed E-state index contributed by atoms with van der Waals surface area (Å²) in [5.41, 5.74) is 5.06. The molecule has 0 saturated heterocycles. The van der Waals surface area contributed by atoms with Crippen LogP contribution in [0.3, 0.4) is 0 Å². The first-order chi connectivity index (χ1) is 9.75. The lowest BCUT2D eigenvalue weighted by Gasteiger charge is -2.06. The van der Waals surface area contributed by atoms with Crippen molar-refractivity contribution < 1.29 is 0 Å². The van der Waals surface area contributed by atoms with Crippen LogP contribution in [0.2, 0.25) is 0 Å². The fourth-order valence-electron chi connectivity index (χ4n) is 1.56. The van der Waals surface area contributed by atoms with Crippen molar-refractivity contribution in [1.82, 2.24) is 10.7 Å². The molecule has 0 atom stereocenters. The summed E-state index contributed by atoms with van der Waals surface area (Å²) >= 11 is 7.44. The van der Waals surface area contributed by atoms with E-state index >= 15 is 0 Å². The van der Waals surface area contributed by atoms with Crippen LogP contribution in [0.25, 0.3) is 0 Å². The minimum atomic E-state index is 0.510. The molecule has 2 rings (SSSR count). The highest BCUT2D eigenvalue weighted by molar-refractivity contribution is 14.1. The van der Waals surface area contributed by atoms with Crippen molar-refractivity contribution in [1.29, 1.82) is 0 Å². The molecule has 5 heteroatoms. The third-order valence-corrected chi connectivity index (χ3v) is 3.79. The van der Waals surface area contributed by atoms with Crippen LogP contribution >= 0.6 is 34.8 Å². The van der Waals surface area contributed by atoms with Gasteiger partial charge in [-0.15, -0.1) is 0 Å². The molecular weight excluding hydrogens is 381 g/mol. The van der Waals surface area contributed by atoms with Crippen molar-refractivity contribution in [3.63, 3.8) is 0 Å². The Hall–Kier alpha value is -1.47. The van der Waals surface area contributed by atoms with Crippen LogP contribution in [-0.2, 0) is 6.54 Å². The maximum absolute atomic E-state index is 5.16. The SMILES string of the molecule is S=C(NCc1ccccc1)N/N=C\c1ccccc1I. The van der Waals surface area contributed by atoms with Gasteiger partial charge < -0.3 is 5.32 Å². The fourth-order valence-corrected chi connectivity index (χ4v) is 2.21. The summed E-state index contributed by atoms with van der Waals surface area (Å²) in [6.45, 7) is 0.686. The minimum absolute atomic E-state index is 0.510. The second-order valence-corrected chi connectivity index (χ2v) is 5.63. The molecule has 0 radical (unpaired) electrons. The number of benzene rings is 2. The molecule has 0 amide bonds. The van der Waals surface area contributed by atoms with Gasteiger partial charge in [0.05, 0.1) is 6.21 Å². The van der Waals surface area contributed by atoms with Gasteiger partial charge >= 0.3 is 0 Å². The van der Waals surface area contributed by atoms with Crippen LogP contribution in [-0.4, -0.2) is 11.3 Å². The average molecular weight is 395 g/mol. The number of nitrogens with one attached hydrogen (secondary N) is 2. The first-order valence-electron chi connectivity index (χ1n) is 6.11. The maximum Gasteiger partial charge on any atom is 0.187 e. The van der Waals surface area contributed by atoms with Crippen LogP contribution in [0, 0.1) is 3.57 Å². The van der Waals surface area contributed by atoms with E-state index in [1.54, 1.807) is 6.21 Å². The lowest BCUT2D eigenvalue weighted by molar-refractivity contribution is 0.869. The van der Waals surface area contributed by atoms with Crippen LogP contribution in [0.1, 0.15) is 11.1 Å². The van der Waals surface area contributed by atoms with E-state index in [2.05, 4.69) is 38.4 Å². The van der Waals surface area contributed by atoms with E-state index in [9.17, 15) is 0 Å². The van der Waals surface area contributed by atoms with E-state index in [1.165, 1.54) is 5.56 Å². The van der Waals surface area contributed by atoms with Crippen LogP contribution in [0.5, 0.6) is 0 Å².